The first-order valence-corrected chi connectivity index (χ1v) is 7.66. The van der Waals surface area contributed by atoms with Gasteiger partial charge < -0.3 is 4.74 Å². The maximum Gasteiger partial charge on any atom is 0.305 e. The molecule has 0 spiro atoms. The Balaban J connectivity index is 2.39. The van der Waals surface area contributed by atoms with Crippen molar-refractivity contribution >= 4 is 15.8 Å². The standard InChI is InChI=1S/C13H17FO4S/c1-18-13(15)5-3-2-4-10-19(16,17)12-8-6-11(14)7-9-12/h6-9H,2-5,10H2,1H3. The van der Waals surface area contributed by atoms with E-state index in [0.29, 0.717) is 25.7 Å². The molecule has 0 unspecified atom stereocenters. The van der Waals surface area contributed by atoms with Crippen LogP contribution in [0.3, 0.4) is 0 Å². The molecule has 0 aromatic heterocycles. The molecular formula is C13H17FO4S. The number of unbranched alkanes of at least 4 members (excludes halogenated alkanes) is 2. The number of rotatable bonds is 7. The van der Waals surface area contributed by atoms with Crippen LogP contribution in [0.2, 0.25) is 0 Å². The Morgan fingerprint density at radius 1 is 1.16 bits per heavy atom. The van der Waals surface area contributed by atoms with Crippen molar-refractivity contribution in [2.24, 2.45) is 0 Å². The number of ether oxygens (including phenoxy) is 1. The van der Waals surface area contributed by atoms with E-state index in [1.807, 2.05) is 0 Å². The van der Waals surface area contributed by atoms with Crippen molar-refractivity contribution < 1.29 is 22.3 Å². The van der Waals surface area contributed by atoms with Crippen molar-refractivity contribution in [3.05, 3.63) is 30.1 Å². The molecule has 0 bridgehead atoms. The average molecular weight is 288 g/mol. The van der Waals surface area contributed by atoms with Gasteiger partial charge in [-0.15, -0.1) is 0 Å². The molecule has 19 heavy (non-hydrogen) atoms. The molecule has 0 aliphatic carbocycles. The van der Waals surface area contributed by atoms with Crippen molar-refractivity contribution in [3.63, 3.8) is 0 Å². The Morgan fingerprint density at radius 3 is 2.37 bits per heavy atom. The van der Waals surface area contributed by atoms with E-state index in [1.165, 1.54) is 19.2 Å². The fraction of sp³-hybridized carbons (Fsp3) is 0.462. The van der Waals surface area contributed by atoms with E-state index in [-0.39, 0.29) is 16.6 Å². The third-order valence-electron chi connectivity index (χ3n) is 2.69. The van der Waals surface area contributed by atoms with Crippen LogP contribution in [0.4, 0.5) is 4.39 Å². The topological polar surface area (TPSA) is 60.4 Å². The van der Waals surface area contributed by atoms with Gasteiger partial charge in [-0.25, -0.2) is 12.8 Å². The van der Waals surface area contributed by atoms with Crippen molar-refractivity contribution in [3.8, 4) is 0 Å². The molecule has 0 aliphatic rings. The lowest BCUT2D eigenvalue weighted by Crippen LogP contribution is -2.07. The maximum atomic E-state index is 12.7. The van der Waals surface area contributed by atoms with Gasteiger partial charge in [0.2, 0.25) is 0 Å². The summed E-state index contributed by atoms with van der Waals surface area (Å²) in [6.07, 6.45) is 2.00. The van der Waals surface area contributed by atoms with E-state index in [0.717, 1.165) is 12.1 Å². The second-order valence-electron chi connectivity index (χ2n) is 4.16. The number of carbonyl (C=O) groups excluding carboxylic acids is 1. The summed E-state index contributed by atoms with van der Waals surface area (Å²) in [5, 5.41) is 0. The van der Waals surface area contributed by atoms with Gasteiger partial charge in [0.1, 0.15) is 5.82 Å². The van der Waals surface area contributed by atoms with E-state index in [2.05, 4.69) is 4.74 Å². The Hall–Kier alpha value is -1.43. The summed E-state index contributed by atoms with van der Waals surface area (Å²) in [5.74, 6) is -0.752. The maximum absolute atomic E-state index is 12.7. The minimum atomic E-state index is -3.37. The van der Waals surface area contributed by atoms with Gasteiger partial charge >= 0.3 is 5.97 Å². The Labute approximate surface area is 112 Å². The zero-order valence-electron chi connectivity index (χ0n) is 10.8. The van der Waals surface area contributed by atoms with Crippen molar-refractivity contribution in [2.75, 3.05) is 12.9 Å². The van der Waals surface area contributed by atoms with Crippen LogP contribution in [0.15, 0.2) is 29.2 Å². The number of sulfone groups is 1. The highest BCUT2D eigenvalue weighted by Gasteiger charge is 2.13. The summed E-state index contributed by atoms with van der Waals surface area (Å²) in [4.78, 5) is 11.0. The molecular weight excluding hydrogens is 271 g/mol. The largest absolute Gasteiger partial charge is 0.469 e. The fourth-order valence-electron chi connectivity index (χ4n) is 1.60. The number of benzene rings is 1. The number of carbonyl (C=O) groups is 1. The molecule has 0 N–H and O–H groups in total. The molecule has 1 aromatic rings. The summed E-state index contributed by atoms with van der Waals surface area (Å²) in [7, 11) is -2.05. The summed E-state index contributed by atoms with van der Waals surface area (Å²) in [6.45, 7) is 0. The SMILES string of the molecule is COC(=O)CCCCCS(=O)(=O)c1ccc(F)cc1. The van der Waals surface area contributed by atoms with E-state index < -0.39 is 15.7 Å². The van der Waals surface area contributed by atoms with E-state index in [1.54, 1.807) is 0 Å². The lowest BCUT2D eigenvalue weighted by Gasteiger charge is -2.04. The molecule has 0 fully saturated rings. The zero-order chi connectivity index (χ0) is 14.3. The second-order valence-corrected chi connectivity index (χ2v) is 6.27. The first kappa shape index (κ1) is 15.6. The Morgan fingerprint density at radius 2 is 1.79 bits per heavy atom. The molecule has 1 rings (SSSR count). The van der Waals surface area contributed by atoms with Gasteiger partial charge in [-0.3, -0.25) is 4.79 Å². The molecule has 0 amide bonds. The average Bonchev–Trinajstić information content (AvgIpc) is 2.38. The van der Waals surface area contributed by atoms with Gasteiger partial charge in [0.25, 0.3) is 0 Å². The van der Waals surface area contributed by atoms with Crippen molar-refractivity contribution in [2.45, 2.75) is 30.6 Å². The number of methoxy groups -OCH3 is 1. The third kappa shape index (κ3) is 5.38. The molecule has 0 atom stereocenters. The summed E-state index contributed by atoms with van der Waals surface area (Å²) in [6, 6.07) is 4.78. The van der Waals surface area contributed by atoms with Crippen LogP contribution in [0, 0.1) is 5.82 Å². The van der Waals surface area contributed by atoms with Gasteiger partial charge in [-0.1, -0.05) is 6.42 Å². The van der Waals surface area contributed by atoms with Gasteiger partial charge in [0.15, 0.2) is 9.84 Å². The highest BCUT2D eigenvalue weighted by atomic mass is 32.2. The Kier molecular flexibility index (Phi) is 5.95. The summed E-state index contributed by atoms with van der Waals surface area (Å²) < 4.78 is 40.9. The van der Waals surface area contributed by atoms with Gasteiger partial charge in [0.05, 0.1) is 17.8 Å². The van der Waals surface area contributed by atoms with Crippen LogP contribution >= 0.6 is 0 Å². The van der Waals surface area contributed by atoms with Crippen LogP contribution in [0.25, 0.3) is 0 Å². The van der Waals surface area contributed by atoms with Crippen molar-refractivity contribution in [1.29, 1.82) is 0 Å². The Bertz CT molecular complexity index is 508. The lowest BCUT2D eigenvalue weighted by atomic mass is 10.2. The molecule has 0 aliphatic heterocycles. The first-order chi connectivity index (χ1) is 8.95. The molecule has 4 nitrogen and oxygen atoms in total. The molecule has 0 radical (unpaired) electrons. The second kappa shape index (κ2) is 7.23. The number of hydrogen-bond acceptors (Lipinski definition) is 4. The number of hydrogen-bond donors (Lipinski definition) is 0. The predicted molar refractivity (Wildman–Crippen MR) is 68.9 cm³/mol. The van der Waals surface area contributed by atoms with Crippen LogP contribution in [-0.2, 0) is 19.4 Å². The van der Waals surface area contributed by atoms with Crippen LogP contribution in [0.1, 0.15) is 25.7 Å². The van der Waals surface area contributed by atoms with Crippen molar-refractivity contribution in [1.82, 2.24) is 0 Å². The molecule has 0 saturated heterocycles. The smallest absolute Gasteiger partial charge is 0.305 e. The number of halogens is 1. The monoisotopic (exact) mass is 288 g/mol. The molecule has 106 valence electrons. The lowest BCUT2D eigenvalue weighted by molar-refractivity contribution is -0.140. The molecule has 1 aromatic carbocycles. The minimum absolute atomic E-state index is 0.000193. The quantitative estimate of drug-likeness (QED) is 0.439. The highest BCUT2D eigenvalue weighted by molar-refractivity contribution is 7.91. The van der Waals surface area contributed by atoms with E-state index in [9.17, 15) is 17.6 Å². The van der Waals surface area contributed by atoms with E-state index in [4.69, 9.17) is 0 Å². The summed E-state index contributed by atoms with van der Waals surface area (Å²) >= 11 is 0. The van der Waals surface area contributed by atoms with Gasteiger partial charge in [0, 0.05) is 6.42 Å². The molecule has 6 heteroatoms. The van der Waals surface area contributed by atoms with E-state index >= 15 is 0 Å². The first-order valence-electron chi connectivity index (χ1n) is 6.01. The molecule has 0 heterocycles. The molecule has 0 saturated carbocycles. The zero-order valence-corrected chi connectivity index (χ0v) is 11.6. The third-order valence-corrected chi connectivity index (χ3v) is 4.51. The summed E-state index contributed by atoms with van der Waals surface area (Å²) in [5.41, 5.74) is 0. The fourth-order valence-corrected chi connectivity index (χ4v) is 2.97. The van der Waals surface area contributed by atoms with Gasteiger partial charge in [-0.05, 0) is 37.1 Å². The number of esters is 1. The van der Waals surface area contributed by atoms with Crippen LogP contribution < -0.4 is 0 Å². The van der Waals surface area contributed by atoms with Crippen LogP contribution in [-0.4, -0.2) is 27.2 Å². The van der Waals surface area contributed by atoms with Gasteiger partial charge in [-0.2, -0.15) is 0 Å². The normalized spacial score (nSPS) is 11.3. The predicted octanol–water partition coefficient (Wildman–Crippen LogP) is 2.33. The highest BCUT2D eigenvalue weighted by Crippen LogP contribution is 2.14. The van der Waals surface area contributed by atoms with Crippen LogP contribution in [0.5, 0.6) is 0 Å². The minimum Gasteiger partial charge on any atom is -0.469 e.